The maximum Gasteiger partial charge on any atom is 0.278 e. The molecule has 8 heteroatoms. The highest BCUT2D eigenvalue weighted by molar-refractivity contribution is 5.70. The Morgan fingerprint density at radius 2 is 2.47 bits per heavy atom. The van der Waals surface area contributed by atoms with Crippen molar-refractivity contribution >= 4 is 17.1 Å². The number of anilines is 1. The SMILES string of the molecule is Nc1nc2ncn([C@H]3OC[C@H]4[C@@H](CO)[C@H]43)c2c(=O)[nH]1. The van der Waals surface area contributed by atoms with Gasteiger partial charge in [0.05, 0.1) is 12.9 Å². The number of nitrogens with two attached hydrogens (primary N) is 1. The number of nitrogen functional groups attached to an aromatic ring is 1. The second kappa shape index (κ2) is 3.55. The van der Waals surface area contributed by atoms with Crippen LogP contribution in [-0.4, -0.2) is 37.8 Å². The minimum absolute atomic E-state index is 0.0487. The minimum atomic E-state index is -0.326. The molecular formula is C11H13N5O3. The van der Waals surface area contributed by atoms with Gasteiger partial charge in [-0.05, 0) is 11.8 Å². The normalized spacial score (nSPS) is 32.7. The van der Waals surface area contributed by atoms with Crippen LogP contribution < -0.4 is 11.3 Å². The highest BCUT2D eigenvalue weighted by atomic mass is 16.5. The van der Waals surface area contributed by atoms with Crippen molar-refractivity contribution in [3.05, 3.63) is 16.7 Å². The minimum Gasteiger partial charge on any atom is -0.396 e. The van der Waals surface area contributed by atoms with E-state index in [1.54, 1.807) is 10.9 Å². The summed E-state index contributed by atoms with van der Waals surface area (Å²) in [7, 11) is 0. The Morgan fingerprint density at radius 1 is 1.63 bits per heavy atom. The quantitative estimate of drug-likeness (QED) is 0.645. The molecule has 2 aromatic rings. The highest BCUT2D eigenvalue weighted by Gasteiger charge is 2.59. The number of aromatic nitrogens is 4. The van der Waals surface area contributed by atoms with Gasteiger partial charge in [0.15, 0.2) is 11.2 Å². The lowest BCUT2D eigenvalue weighted by molar-refractivity contribution is 0.0123. The number of aliphatic hydroxyl groups is 1. The topological polar surface area (TPSA) is 119 Å². The van der Waals surface area contributed by atoms with Gasteiger partial charge in [-0.25, -0.2) is 4.98 Å². The van der Waals surface area contributed by atoms with Crippen molar-refractivity contribution in [3.8, 4) is 0 Å². The van der Waals surface area contributed by atoms with Gasteiger partial charge in [0.2, 0.25) is 5.95 Å². The fourth-order valence-electron chi connectivity index (χ4n) is 3.14. The first-order valence-corrected chi connectivity index (χ1v) is 6.15. The van der Waals surface area contributed by atoms with Crippen LogP contribution in [0.5, 0.6) is 0 Å². The van der Waals surface area contributed by atoms with E-state index in [9.17, 15) is 9.90 Å². The molecule has 2 aromatic heterocycles. The lowest BCUT2D eigenvalue weighted by Gasteiger charge is -2.16. The third-order valence-electron chi connectivity index (χ3n) is 4.13. The lowest BCUT2D eigenvalue weighted by Crippen LogP contribution is -2.19. The number of hydrogen-bond donors (Lipinski definition) is 3. The fraction of sp³-hybridized carbons (Fsp3) is 0.545. The summed E-state index contributed by atoms with van der Waals surface area (Å²) in [6, 6.07) is 0. The van der Waals surface area contributed by atoms with Gasteiger partial charge in [-0.2, -0.15) is 4.98 Å². The standard InChI is InChI=1S/C11H13N5O3/c12-11-14-8-7(9(18)15-11)16(3-13-8)10-6-4(1-17)5(6)2-19-10/h3-6,10,17H,1-2H2,(H3,12,14,15,18)/t4-,5+,6-,10+/m1/s1. The molecule has 4 rings (SSSR count). The smallest absolute Gasteiger partial charge is 0.278 e. The molecule has 0 unspecified atom stereocenters. The molecule has 0 aromatic carbocycles. The number of H-pyrrole nitrogens is 1. The molecule has 0 radical (unpaired) electrons. The first-order chi connectivity index (χ1) is 9.20. The molecule has 2 fully saturated rings. The van der Waals surface area contributed by atoms with Crippen LogP contribution in [0.1, 0.15) is 6.23 Å². The molecule has 1 aliphatic heterocycles. The molecular weight excluding hydrogens is 250 g/mol. The van der Waals surface area contributed by atoms with Crippen molar-refractivity contribution in [2.75, 3.05) is 18.9 Å². The molecule has 1 saturated carbocycles. The van der Waals surface area contributed by atoms with Crippen LogP contribution in [0.3, 0.4) is 0 Å². The number of aliphatic hydroxyl groups excluding tert-OH is 1. The van der Waals surface area contributed by atoms with Crippen LogP contribution in [0.4, 0.5) is 5.95 Å². The van der Waals surface area contributed by atoms with Gasteiger partial charge in [-0.3, -0.25) is 14.3 Å². The van der Waals surface area contributed by atoms with Crippen molar-refractivity contribution in [1.29, 1.82) is 0 Å². The van der Waals surface area contributed by atoms with E-state index < -0.39 is 0 Å². The molecule has 100 valence electrons. The second-order valence-corrected chi connectivity index (χ2v) is 5.09. The summed E-state index contributed by atoms with van der Waals surface area (Å²) in [5.74, 6) is 0.942. The summed E-state index contributed by atoms with van der Waals surface area (Å²) in [5.41, 5.74) is 5.84. The molecule has 1 aliphatic carbocycles. The Morgan fingerprint density at radius 3 is 3.21 bits per heavy atom. The average molecular weight is 263 g/mol. The molecule has 0 bridgehead atoms. The Kier molecular flexibility index (Phi) is 2.04. The van der Waals surface area contributed by atoms with E-state index in [0.717, 1.165) is 0 Å². The van der Waals surface area contributed by atoms with Crippen molar-refractivity contribution in [3.63, 3.8) is 0 Å². The van der Waals surface area contributed by atoms with E-state index in [2.05, 4.69) is 15.0 Å². The number of imidazole rings is 1. The van der Waals surface area contributed by atoms with Crippen LogP contribution in [0.15, 0.2) is 11.1 Å². The summed E-state index contributed by atoms with van der Waals surface area (Å²) in [5, 5.41) is 9.25. The number of ether oxygens (including phenoxy) is 1. The third-order valence-corrected chi connectivity index (χ3v) is 4.13. The van der Waals surface area contributed by atoms with E-state index in [0.29, 0.717) is 23.7 Å². The van der Waals surface area contributed by atoms with Crippen molar-refractivity contribution in [2.45, 2.75) is 6.23 Å². The predicted molar refractivity (Wildman–Crippen MR) is 65.1 cm³/mol. The molecule has 4 atom stereocenters. The van der Waals surface area contributed by atoms with Crippen LogP contribution in [0.25, 0.3) is 11.2 Å². The summed E-state index contributed by atoms with van der Waals surface area (Å²) in [4.78, 5) is 22.5. The summed E-state index contributed by atoms with van der Waals surface area (Å²) in [6.45, 7) is 0.768. The van der Waals surface area contributed by atoms with Crippen molar-refractivity contribution < 1.29 is 9.84 Å². The Hall–Kier alpha value is -1.93. The largest absolute Gasteiger partial charge is 0.396 e. The van der Waals surface area contributed by atoms with Gasteiger partial charge >= 0.3 is 0 Å². The average Bonchev–Trinajstić information content (AvgIpc) is 2.72. The zero-order valence-electron chi connectivity index (χ0n) is 9.98. The monoisotopic (exact) mass is 263 g/mol. The summed E-state index contributed by atoms with van der Waals surface area (Å²) < 4.78 is 7.38. The number of hydrogen-bond acceptors (Lipinski definition) is 6. The highest BCUT2D eigenvalue weighted by Crippen LogP contribution is 2.58. The summed E-state index contributed by atoms with van der Waals surface area (Å²) in [6.07, 6.45) is 1.30. The molecule has 19 heavy (non-hydrogen) atoms. The van der Waals surface area contributed by atoms with Gasteiger partial charge < -0.3 is 15.6 Å². The molecule has 8 nitrogen and oxygen atoms in total. The molecule has 0 amide bonds. The van der Waals surface area contributed by atoms with Crippen molar-refractivity contribution in [2.24, 2.45) is 17.8 Å². The van der Waals surface area contributed by atoms with Crippen LogP contribution in [0.2, 0.25) is 0 Å². The van der Waals surface area contributed by atoms with E-state index >= 15 is 0 Å². The number of nitrogens with zero attached hydrogens (tertiary/aromatic N) is 3. The number of nitrogens with one attached hydrogen (secondary N) is 1. The molecule has 1 saturated heterocycles. The molecule has 2 aliphatic rings. The van der Waals surface area contributed by atoms with Gasteiger partial charge in [-0.15, -0.1) is 0 Å². The number of fused-ring (bicyclic) bond motifs is 2. The van der Waals surface area contributed by atoms with Gasteiger partial charge in [0.25, 0.3) is 5.56 Å². The first-order valence-electron chi connectivity index (χ1n) is 6.15. The molecule has 0 spiro atoms. The number of rotatable bonds is 2. The Labute approximate surface area is 107 Å². The molecule has 4 N–H and O–H groups in total. The maximum absolute atomic E-state index is 12.0. The lowest BCUT2D eigenvalue weighted by atomic mass is 10.3. The summed E-state index contributed by atoms with van der Waals surface area (Å²) >= 11 is 0. The van der Waals surface area contributed by atoms with Crippen LogP contribution in [0, 0.1) is 17.8 Å². The second-order valence-electron chi connectivity index (χ2n) is 5.09. The zero-order valence-corrected chi connectivity index (χ0v) is 9.98. The maximum atomic E-state index is 12.0. The Balaban J connectivity index is 1.82. The van der Waals surface area contributed by atoms with Gasteiger partial charge in [0.1, 0.15) is 6.23 Å². The molecule has 3 heterocycles. The van der Waals surface area contributed by atoms with E-state index in [-0.39, 0.29) is 36.2 Å². The number of aromatic amines is 1. The van der Waals surface area contributed by atoms with E-state index in [1.165, 1.54) is 0 Å². The van der Waals surface area contributed by atoms with Crippen LogP contribution >= 0.6 is 0 Å². The van der Waals surface area contributed by atoms with Gasteiger partial charge in [-0.1, -0.05) is 0 Å². The first kappa shape index (κ1) is 10.9. The Bertz CT molecular complexity index is 704. The van der Waals surface area contributed by atoms with E-state index in [1.807, 2.05) is 0 Å². The van der Waals surface area contributed by atoms with E-state index in [4.69, 9.17) is 10.5 Å². The third kappa shape index (κ3) is 1.38. The van der Waals surface area contributed by atoms with Gasteiger partial charge in [0, 0.05) is 12.5 Å². The predicted octanol–water partition coefficient (Wildman–Crippen LogP) is -0.915. The van der Waals surface area contributed by atoms with Crippen LogP contribution in [-0.2, 0) is 4.74 Å². The zero-order chi connectivity index (χ0) is 13.1. The van der Waals surface area contributed by atoms with Crippen molar-refractivity contribution in [1.82, 2.24) is 19.5 Å². The fourth-order valence-corrected chi connectivity index (χ4v) is 3.14.